The first-order valence-electron chi connectivity index (χ1n) is 6.17. The summed E-state index contributed by atoms with van der Waals surface area (Å²) in [6.07, 6.45) is 10.4. The first-order chi connectivity index (χ1) is 7.80. The van der Waals surface area contributed by atoms with Gasteiger partial charge in [-0.25, -0.2) is 0 Å². The van der Waals surface area contributed by atoms with Gasteiger partial charge in [0.05, 0.1) is 0 Å². The van der Waals surface area contributed by atoms with Crippen molar-refractivity contribution in [2.45, 2.75) is 25.7 Å². The van der Waals surface area contributed by atoms with Crippen molar-refractivity contribution in [3.8, 4) is 0 Å². The molecule has 1 spiro atoms. The van der Waals surface area contributed by atoms with Crippen molar-refractivity contribution >= 4 is 5.91 Å². The summed E-state index contributed by atoms with van der Waals surface area (Å²) >= 11 is 0. The Morgan fingerprint density at radius 1 is 1.31 bits per heavy atom. The molecule has 0 saturated carbocycles. The van der Waals surface area contributed by atoms with Crippen LogP contribution < -0.4 is 10.6 Å². The summed E-state index contributed by atoms with van der Waals surface area (Å²) in [6, 6.07) is 0. The number of allylic oxidation sites excluding steroid dienone is 4. The third-order valence-electron chi connectivity index (χ3n) is 4.29. The Labute approximate surface area is 96.0 Å². The molecule has 1 atom stereocenters. The third-order valence-corrected chi connectivity index (χ3v) is 4.29. The Hall–Kier alpha value is -1.09. The number of rotatable bonds is 0. The Morgan fingerprint density at radius 2 is 2.12 bits per heavy atom. The number of hydrogen-bond donors (Lipinski definition) is 2. The molecule has 0 aromatic heterocycles. The highest BCUT2D eigenvalue weighted by Gasteiger charge is 2.46. The summed E-state index contributed by atoms with van der Waals surface area (Å²) in [4.78, 5) is 11.8. The van der Waals surface area contributed by atoms with Crippen LogP contribution in [0.4, 0.5) is 0 Å². The smallest absolute Gasteiger partial charge is 0.224 e. The zero-order valence-electron chi connectivity index (χ0n) is 9.46. The van der Waals surface area contributed by atoms with Gasteiger partial charge in [0.2, 0.25) is 5.91 Å². The highest BCUT2D eigenvalue weighted by molar-refractivity contribution is 5.80. The minimum absolute atomic E-state index is 0.208. The molecule has 0 aromatic rings. The summed E-state index contributed by atoms with van der Waals surface area (Å²) < 4.78 is 0. The number of hydrogen-bond acceptors (Lipinski definition) is 2. The van der Waals surface area contributed by atoms with Gasteiger partial charge < -0.3 is 10.6 Å². The van der Waals surface area contributed by atoms with Crippen LogP contribution in [0.2, 0.25) is 0 Å². The molecule has 2 N–H and O–H groups in total. The van der Waals surface area contributed by atoms with E-state index in [1.165, 1.54) is 0 Å². The van der Waals surface area contributed by atoms with Crippen molar-refractivity contribution in [2.24, 2.45) is 11.3 Å². The monoisotopic (exact) mass is 218 g/mol. The van der Waals surface area contributed by atoms with E-state index in [0.29, 0.717) is 12.3 Å². The number of carbonyl (C=O) groups excluding carboxylic acids is 1. The van der Waals surface area contributed by atoms with Crippen molar-refractivity contribution in [1.29, 1.82) is 0 Å². The lowest BCUT2D eigenvalue weighted by Crippen LogP contribution is -2.51. The number of nitrogens with one attached hydrogen (secondary N) is 2. The van der Waals surface area contributed by atoms with Gasteiger partial charge in [0.25, 0.3) is 0 Å². The summed E-state index contributed by atoms with van der Waals surface area (Å²) in [7, 11) is 0. The second-order valence-corrected chi connectivity index (χ2v) is 5.18. The maximum atomic E-state index is 11.8. The molecule has 2 heterocycles. The summed E-state index contributed by atoms with van der Waals surface area (Å²) in [5.41, 5.74) is 1.38. The fourth-order valence-electron chi connectivity index (χ4n) is 3.44. The highest BCUT2D eigenvalue weighted by Crippen LogP contribution is 2.48. The van der Waals surface area contributed by atoms with Gasteiger partial charge >= 0.3 is 0 Å². The van der Waals surface area contributed by atoms with E-state index < -0.39 is 0 Å². The molecule has 0 bridgehead atoms. The normalized spacial score (nSPS) is 31.9. The van der Waals surface area contributed by atoms with E-state index in [4.69, 9.17) is 0 Å². The fraction of sp³-hybridized carbons (Fsp3) is 0.615. The highest BCUT2D eigenvalue weighted by atomic mass is 16.1. The largest absolute Gasteiger partial charge is 0.329 e. The Morgan fingerprint density at radius 3 is 2.94 bits per heavy atom. The molecule has 2 aliphatic heterocycles. The molecular formula is C13H18N2O. The third kappa shape index (κ3) is 1.50. The average molecular weight is 218 g/mol. The molecule has 3 nitrogen and oxygen atoms in total. The zero-order chi connectivity index (χ0) is 11.0. The van der Waals surface area contributed by atoms with Crippen LogP contribution in [0.1, 0.15) is 25.7 Å². The summed E-state index contributed by atoms with van der Waals surface area (Å²) in [5.74, 6) is 0.747. The molecule has 1 amide bonds. The van der Waals surface area contributed by atoms with Crippen LogP contribution in [0, 0.1) is 11.3 Å². The van der Waals surface area contributed by atoms with Crippen molar-refractivity contribution in [2.75, 3.05) is 13.1 Å². The van der Waals surface area contributed by atoms with Gasteiger partial charge in [-0.2, -0.15) is 0 Å². The van der Waals surface area contributed by atoms with E-state index in [0.717, 1.165) is 38.0 Å². The van der Waals surface area contributed by atoms with Crippen molar-refractivity contribution < 1.29 is 4.79 Å². The fourth-order valence-corrected chi connectivity index (χ4v) is 3.44. The average Bonchev–Trinajstić information content (AvgIpc) is 2.30. The SMILES string of the molecule is O=C1CC2(CCNCC2)C2CC=CC=C2N1. The molecule has 2 fully saturated rings. The molecule has 2 saturated heterocycles. The molecule has 16 heavy (non-hydrogen) atoms. The molecule has 3 heteroatoms. The van der Waals surface area contributed by atoms with Gasteiger partial charge in [0, 0.05) is 18.0 Å². The van der Waals surface area contributed by atoms with Crippen LogP contribution in [-0.2, 0) is 4.79 Å². The van der Waals surface area contributed by atoms with Gasteiger partial charge in [0.1, 0.15) is 0 Å². The van der Waals surface area contributed by atoms with E-state index in [1.807, 2.05) is 0 Å². The maximum absolute atomic E-state index is 11.8. The number of piperidine rings is 2. The van der Waals surface area contributed by atoms with Crippen LogP contribution in [0.15, 0.2) is 23.9 Å². The van der Waals surface area contributed by atoms with E-state index in [-0.39, 0.29) is 11.3 Å². The lowest BCUT2D eigenvalue weighted by Gasteiger charge is -2.48. The number of amides is 1. The Balaban J connectivity index is 1.94. The van der Waals surface area contributed by atoms with Crippen LogP contribution in [0.5, 0.6) is 0 Å². The standard InChI is InChI=1S/C13H18N2O/c16-12-9-13(5-7-14-8-6-13)10-3-1-2-4-11(10)15-12/h1-2,4,10,14H,3,5-9H2,(H,15,16). The molecule has 86 valence electrons. The van der Waals surface area contributed by atoms with Gasteiger partial charge in [-0.05, 0) is 43.8 Å². The second-order valence-electron chi connectivity index (χ2n) is 5.18. The molecule has 3 rings (SSSR count). The first kappa shape index (κ1) is 10.1. The topological polar surface area (TPSA) is 41.1 Å². The van der Waals surface area contributed by atoms with E-state index >= 15 is 0 Å². The summed E-state index contributed by atoms with van der Waals surface area (Å²) in [5, 5.41) is 6.44. The van der Waals surface area contributed by atoms with Gasteiger partial charge in [0.15, 0.2) is 0 Å². The van der Waals surface area contributed by atoms with Crippen molar-refractivity contribution in [3.05, 3.63) is 23.9 Å². The first-order valence-corrected chi connectivity index (χ1v) is 6.17. The molecular weight excluding hydrogens is 200 g/mol. The molecule has 1 aliphatic carbocycles. The van der Waals surface area contributed by atoms with Gasteiger partial charge in [-0.3, -0.25) is 4.79 Å². The Bertz CT molecular complexity index is 364. The molecule has 3 aliphatic rings. The van der Waals surface area contributed by atoms with Gasteiger partial charge in [-0.1, -0.05) is 12.2 Å². The number of fused-ring (bicyclic) bond motifs is 2. The molecule has 1 unspecified atom stereocenters. The lowest BCUT2D eigenvalue weighted by molar-refractivity contribution is -0.127. The van der Waals surface area contributed by atoms with Gasteiger partial charge in [-0.15, -0.1) is 0 Å². The number of carbonyl (C=O) groups is 1. The Kier molecular flexibility index (Phi) is 2.36. The van der Waals surface area contributed by atoms with E-state index in [9.17, 15) is 4.79 Å². The van der Waals surface area contributed by atoms with E-state index in [2.05, 4.69) is 28.9 Å². The predicted molar refractivity (Wildman–Crippen MR) is 62.6 cm³/mol. The lowest BCUT2D eigenvalue weighted by atomic mass is 9.62. The molecule has 0 aromatic carbocycles. The molecule has 0 radical (unpaired) electrons. The van der Waals surface area contributed by atoms with E-state index in [1.54, 1.807) is 0 Å². The maximum Gasteiger partial charge on any atom is 0.224 e. The second kappa shape index (κ2) is 3.74. The van der Waals surface area contributed by atoms with Crippen molar-refractivity contribution in [3.63, 3.8) is 0 Å². The van der Waals surface area contributed by atoms with Crippen LogP contribution >= 0.6 is 0 Å². The summed E-state index contributed by atoms with van der Waals surface area (Å²) in [6.45, 7) is 2.11. The predicted octanol–water partition coefficient (Wildman–Crippen LogP) is 1.34. The quantitative estimate of drug-likeness (QED) is 0.644. The minimum atomic E-state index is 0.208. The minimum Gasteiger partial charge on any atom is -0.329 e. The van der Waals surface area contributed by atoms with Crippen LogP contribution in [0.25, 0.3) is 0 Å². The van der Waals surface area contributed by atoms with Crippen LogP contribution in [0.3, 0.4) is 0 Å². The van der Waals surface area contributed by atoms with Crippen LogP contribution in [-0.4, -0.2) is 19.0 Å². The zero-order valence-corrected chi connectivity index (χ0v) is 9.46. The van der Waals surface area contributed by atoms with Crippen molar-refractivity contribution in [1.82, 2.24) is 10.6 Å².